The third-order valence-corrected chi connectivity index (χ3v) is 4.91. The summed E-state index contributed by atoms with van der Waals surface area (Å²) in [6.45, 7) is 1.53. The Balaban J connectivity index is 1.80. The van der Waals surface area contributed by atoms with Gasteiger partial charge in [-0.05, 0) is 23.3 Å². The lowest BCUT2D eigenvalue weighted by Crippen LogP contribution is -2.07. The molecule has 0 saturated heterocycles. The van der Waals surface area contributed by atoms with Gasteiger partial charge in [0.15, 0.2) is 0 Å². The molecule has 2 aromatic heterocycles. The molecule has 4 aromatic rings. The van der Waals surface area contributed by atoms with Crippen molar-refractivity contribution in [2.45, 2.75) is 13.1 Å². The number of nitrogens with zero attached hydrogens (tertiary/aromatic N) is 2. The highest BCUT2D eigenvalue weighted by Gasteiger charge is 2.21. The topological polar surface area (TPSA) is 28.3 Å². The maximum absolute atomic E-state index is 5.70. The maximum atomic E-state index is 5.70. The van der Waals surface area contributed by atoms with Crippen molar-refractivity contribution in [2.75, 3.05) is 14.2 Å². The van der Waals surface area contributed by atoms with Crippen molar-refractivity contribution in [3.05, 3.63) is 96.3 Å². The molecule has 0 fully saturated rings. The van der Waals surface area contributed by atoms with E-state index < -0.39 is 0 Å². The minimum Gasteiger partial charge on any atom is -0.494 e. The Morgan fingerprint density at radius 3 is 1.32 bits per heavy atom. The van der Waals surface area contributed by atoms with Crippen molar-refractivity contribution in [3.8, 4) is 22.9 Å². The summed E-state index contributed by atoms with van der Waals surface area (Å²) in [4.78, 5) is 0. The monoisotopic (exact) mass is 372 g/mol. The molecule has 0 N–H and O–H groups in total. The van der Waals surface area contributed by atoms with Gasteiger partial charge in [-0.3, -0.25) is 0 Å². The van der Waals surface area contributed by atoms with E-state index in [1.54, 1.807) is 14.2 Å². The van der Waals surface area contributed by atoms with Crippen LogP contribution in [-0.4, -0.2) is 23.4 Å². The molecule has 2 heterocycles. The van der Waals surface area contributed by atoms with Crippen LogP contribution in [0.3, 0.4) is 0 Å². The van der Waals surface area contributed by atoms with Gasteiger partial charge in [-0.2, -0.15) is 0 Å². The number of methoxy groups -OCH3 is 2. The summed E-state index contributed by atoms with van der Waals surface area (Å²) in [5, 5.41) is 0. The molecule has 0 atom stereocenters. The van der Waals surface area contributed by atoms with E-state index in [9.17, 15) is 0 Å². The lowest BCUT2D eigenvalue weighted by atomic mass is 10.2. The second kappa shape index (κ2) is 8.09. The smallest absolute Gasteiger partial charge is 0.146 e. The van der Waals surface area contributed by atoms with Crippen LogP contribution in [0.5, 0.6) is 11.5 Å². The fourth-order valence-corrected chi connectivity index (χ4v) is 3.56. The number of ether oxygens (including phenoxy) is 2. The highest BCUT2D eigenvalue weighted by Crippen LogP contribution is 2.38. The van der Waals surface area contributed by atoms with Gasteiger partial charge in [-0.15, -0.1) is 0 Å². The molecule has 4 heteroatoms. The van der Waals surface area contributed by atoms with Crippen LogP contribution in [0, 0.1) is 0 Å². The van der Waals surface area contributed by atoms with E-state index in [4.69, 9.17) is 9.47 Å². The molecule has 0 amide bonds. The Labute approximate surface area is 165 Å². The minimum atomic E-state index is 0.763. The highest BCUT2D eigenvalue weighted by atomic mass is 16.5. The van der Waals surface area contributed by atoms with Crippen LogP contribution >= 0.6 is 0 Å². The third kappa shape index (κ3) is 3.54. The van der Waals surface area contributed by atoms with Crippen LogP contribution < -0.4 is 9.47 Å². The van der Waals surface area contributed by atoms with Crippen LogP contribution in [0.1, 0.15) is 11.1 Å². The molecule has 2 aromatic carbocycles. The van der Waals surface area contributed by atoms with E-state index in [2.05, 4.69) is 70.1 Å². The van der Waals surface area contributed by atoms with Crippen molar-refractivity contribution in [2.24, 2.45) is 0 Å². The fourth-order valence-electron chi connectivity index (χ4n) is 3.56. The van der Waals surface area contributed by atoms with Gasteiger partial charge in [-0.1, -0.05) is 60.7 Å². The quantitative estimate of drug-likeness (QED) is 0.453. The predicted molar refractivity (Wildman–Crippen MR) is 112 cm³/mol. The molecule has 0 aliphatic rings. The Morgan fingerprint density at radius 2 is 0.964 bits per heavy atom. The molecule has 142 valence electrons. The lowest BCUT2D eigenvalue weighted by molar-refractivity contribution is 0.408. The summed E-state index contributed by atoms with van der Waals surface area (Å²) in [7, 11) is 3.42. The third-order valence-electron chi connectivity index (χ3n) is 4.91. The van der Waals surface area contributed by atoms with Gasteiger partial charge in [0.05, 0.1) is 14.2 Å². The molecule has 0 bridgehead atoms. The molecule has 0 spiro atoms. The fraction of sp³-hybridized carbons (Fsp3) is 0.167. The summed E-state index contributed by atoms with van der Waals surface area (Å²) in [5.74, 6) is 1.67. The molecule has 28 heavy (non-hydrogen) atoms. The van der Waals surface area contributed by atoms with E-state index in [-0.39, 0.29) is 0 Å². The van der Waals surface area contributed by atoms with Gasteiger partial charge in [0.1, 0.15) is 22.9 Å². The zero-order chi connectivity index (χ0) is 19.3. The Hall–Kier alpha value is -3.40. The van der Waals surface area contributed by atoms with Crippen LogP contribution in [0.2, 0.25) is 0 Å². The van der Waals surface area contributed by atoms with E-state index >= 15 is 0 Å². The Bertz CT molecular complexity index is 947. The van der Waals surface area contributed by atoms with Crippen molar-refractivity contribution < 1.29 is 9.47 Å². The van der Waals surface area contributed by atoms with Crippen LogP contribution in [0.4, 0.5) is 0 Å². The van der Waals surface area contributed by atoms with E-state index in [1.165, 1.54) is 11.1 Å². The highest BCUT2D eigenvalue weighted by molar-refractivity contribution is 5.71. The number of hydrogen-bond donors (Lipinski definition) is 0. The molecular formula is C24H24N2O2. The lowest BCUT2D eigenvalue weighted by Gasteiger charge is -2.16. The van der Waals surface area contributed by atoms with Gasteiger partial charge in [0.25, 0.3) is 0 Å². The van der Waals surface area contributed by atoms with E-state index in [0.29, 0.717) is 0 Å². The molecule has 0 aliphatic carbocycles. The summed E-state index contributed by atoms with van der Waals surface area (Å²) in [6, 6.07) is 24.9. The van der Waals surface area contributed by atoms with Crippen molar-refractivity contribution in [1.29, 1.82) is 0 Å². The minimum absolute atomic E-state index is 0.763. The normalized spacial score (nSPS) is 10.8. The molecule has 0 unspecified atom stereocenters. The van der Waals surface area contributed by atoms with E-state index in [0.717, 1.165) is 36.0 Å². The van der Waals surface area contributed by atoms with Gasteiger partial charge in [0.2, 0.25) is 0 Å². The first-order chi connectivity index (χ1) is 13.8. The average Bonchev–Trinajstić information content (AvgIpc) is 3.32. The standard InChI is InChI=1S/C24H24N2O2/c1-27-21-13-15-25(17-19-9-5-3-6-10-19)23(21)24-22(28-2)14-16-26(24)18-20-11-7-4-8-12-20/h3-16H,17-18H2,1-2H3. The largest absolute Gasteiger partial charge is 0.494 e. The number of aromatic nitrogens is 2. The molecule has 0 aliphatic heterocycles. The predicted octanol–water partition coefficient (Wildman–Crippen LogP) is 5.07. The SMILES string of the molecule is COc1ccn(Cc2ccccc2)c1-c1c(OC)ccn1Cc1ccccc1. The number of hydrogen-bond acceptors (Lipinski definition) is 2. The zero-order valence-corrected chi connectivity index (χ0v) is 16.2. The van der Waals surface area contributed by atoms with Gasteiger partial charge in [0, 0.05) is 25.5 Å². The average molecular weight is 372 g/mol. The van der Waals surface area contributed by atoms with Crippen molar-refractivity contribution in [3.63, 3.8) is 0 Å². The molecule has 4 rings (SSSR count). The van der Waals surface area contributed by atoms with Crippen LogP contribution in [0.15, 0.2) is 85.2 Å². The molecule has 4 nitrogen and oxygen atoms in total. The van der Waals surface area contributed by atoms with Gasteiger partial charge < -0.3 is 18.6 Å². The number of rotatable bonds is 7. The molecule has 0 saturated carbocycles. The number of benzene rings is 2. The maximum Gasteiger partial charge on any atom is 0.146 e. The summed E-state index contributed by atoms with van der Waals surface area (Å²) < 4.78 is 15.8. The second-order valence-corrected chi connectivity index (χ2v) is 6.69. The van der Waals surface area contributed by atoms with Crippen molar-refractivity contribution in [1.82, 2.24) is 9.13 Å². The first-order valence-electron chi connectivity index (χ1n) is 9.34. The second-order valence-electron chi connectivity index (χ2n) is 6.69. The van der Waals surface area contributed by atoms with Crippen LogP contribution in [0.25, 0.3) is 11.4 Å². The summed E-state index contributed by atoms with van der Waals surface area (Å²) >= 11 is 0. The van der Waals surface area contributed by atoms with Gasteiger partial charge in [-0.25, -0.2) is 0 Å². The van der Waals surface area contributed by atoms with Gasteiger partial charge >= 0.3 is 0 Å². The summed E-state index contributed by atoms with van der Waals surface area (Å²) in [5.41, 5.74) is 4.51. The molecular weight excluding hydrogens is 348 g/mol. The van der Waals surface area contributed by atoms with Crippen molar-refractivity contribution >= 4 is 0 Å². The Kier molecular flexibility index (Phi) is 5.20. The summed E-state index contributed by atoms with van der Waals surface area (Å²) in [6.07, 6.45) is 4.14. The van der Waals surface area contributed by atoms with E-state index in [1.807, 2.05) is 24.3 Å². The van der Waals surface area contributed by atoms with Crippen LogP contribution in [-0.2, 0) is 13.1 Å². The Morgan fingerprint density at radius 1 is 0.571 bits per heavy atom. The first kappa shape index (κ1) is 18.0. The first-order valence-corrected chi connectivity index (χ1v) is 9.34. The zero-order valence-electron chi connectivity index (χ0n) is 16.2. The molecule has 0 radical (unpaired) electrons.